The largest absolute Gasteiger partial charge is 0.462 e. The second-order valence-corrected chi connectivity index (χ2v) is 9.02. The number of aromatic nitrogens is 2. The van der Waals surface area contributed by atoms with Crippen LogP contribution in [0.3, 0.4) is 0 Å². The molecule has 1 N–H and O–H groups in total. The number of benzene rings is 2. The predicted molar refractivity (Wildman–Crippen MR) is 140 cm³/mol. The van der Waals surface area contributed by atoms with Gasteiger partial charge in [0.1, 0.15) is 17.1 Å². The summed E-state index contributed by atoms with van der Waals surface area (Å²) in [6.45, 7) is 8.35. The van der Waals surface area contributed by atoms with Gasteiger partial charge in [-0.1, -0.05) is 42.5 Å². The summed E-state index contributed by atoms with van der Waals surface area (Å²) in [6.07, 6.45) is 0. The monoisotopic (exact) mass is 501 g/mol. The molecule has 2 heterocycles. The summed E-state index contributed by atoms with van der Waals surface area (Å²) >= 11 is 0. The topological polar surface area (TPSA) is 105 Å². The van der Waals surface area contributed by atoms with Gasteiger partial charge >= 0.3 is 12.0 Å². The summed E-state index contributed by atoms with van der Waals surface area (Å²) in [7, 11) is 0. The van der Waals surface area contributed by atoms with E-state index in [1.807, 2.05) is 68.4 Å². The van der Waals surface area contributed by atoms with Gasteiger partial charge in [0.25, 0.3) is 5.91 Å². The van der Waals surface area contributed by atoms with Crippen LogP contribution in [0.4, 0.5) is 10.5 Å². The Hall–Kier alpha value is -4.27. The molecular weight excluding hydrogens is 470 g/mol. The van der Waals surface area contributed by atoms with Crippen LogP contribution in [-0.4, -0.2) is 70.0 Å². The molecule has 1 aliphatic rings. The lowest BCUT2D eigenvalue weighted by Crippen LogP contribution is -2.56. The smallest absolute Gasteiger partial charge is 0.342 e. The molecule has 9 heteroatoms. The van der Waals surface area contributed by atoms with Gasteiger partial charge in [-0.05, 0) is 45.4 Å². The van der Waals surface area contributed by atoms with Crippen molar-refractivity contribution in [3.8, 4) is 11.3 Å². The van der Waals surface area contributed by atoms with E-state index in [0.29, 0.717) is 36.7 Å². The molecule has 0 radical (unpaired) electrons. The number of aryl methyl sites for hydroxylation is 2. The summed E-state index contributed by atoms with van der Waals surface area (Å²) < 4.78 is 5.29. The van der Waals surface area contributed by atoms with Crippen LogP contribution >= 0.6 is 0 Å². The zero-order chi connectivity index (χ0) is 26.5. The normalized spacial score (nSPS) is 15.3. The van der Waals surface area contributed by atoms with Gasteiger partial charge < -0.3 is 19.9 Å². The number of urea groups is 1. The van der Waals surface area contributed by atoms with E-state index in [-0.39, 0.29) is 29.9 Å². The third-order valence-corrected chi connectivity index (χ3v) is 6.20. The highest BCUT2D eigenvalue weighted by atomic mass is 16.5. The van der Waals surface area contributed by atoms with E-state index < -0.39 is 11.9 Å². The van der Waals surface area contributed by atoms with E-state index in [1.54, 1.807) is 23.6 Å². The number of carbonyl (C=O) groups excluding carboxylic acids is 3. The summed E-state index contributed by atoms with van der Waals surface area (Å²) in [5.74, 6) is -0.662. The Morgan fingerprint density at radius 3 is 2.46 bits per heavy atom. The van der Waals surface area contributed by atoms with Crippen molar-refractivity contribution in [2.24, 2.45) is 0 Å². The van der Waals surface area contributed by atoms with Gasteiger partial charge in [-0.2, -0.15) is 0 Å². The van der Waals surface area contributed by atoms with Gasteiger partial charge in [0.15, 0.2) is 0 Å². The van der Waals surface area contributed by atoms with Gasteiger partial charge in [-0.25, -0.2) is 19.6 Å². The Balaban J connectivity index is 1.58. The Kier molecular flexibility index (Phi) is 7.81. The lowest BCUT2D eigenvalue weighted by molar-refractivity contribution is 0.0505. The number of amides is 3. The second-order valence-electron chi connectivity index (χ2n) is 9.02. The molecule has 0 saturated carbocycles. The molecule has 1 atom stereocenters. The molecule has 3 aromatic rings. The number of rotatable bonds is 5. The minimum atomic E-state index is -0.645. The van der Waals surface area contributed by atoms with Crippen LogP contribution in [0.15, 0.2) is 54.6 Å². The summed E-state index contributed by atoms with van der Waals surface area (Å²) in [4.78, 5) is 51.9. The average molecular weight is 502 g/mol. The minimum Gasteiger partial charge on any atom is -0.462 e. The number of nitrogens with one attached hydrogen (secondary N) is 1. The van der Waals surface area contributed by atoms with Gasteiger partial charge in [0.2, 0.25) is 0 Å². The molecule has 0 bridgehead atoms. The fourth-order valence-electron chi connectivity index (χ4n) is 4.44. The number of piperazine rings is 1. The maximum atomic E-state index is 13.7. The van der Waals surface area contributed by atoms with Gasteiger partial charge in [-0.15, -0.1) is 0 Å². The lowest BCUT2D eigenvalue weighted by Gasteiger charge is -2.39. The van der Waals surface area contributed by atoms with Gasteiger partial charge in [0, 0.05) is 36.9 Å². The SMILES string of the molecule is CCOC(=O)c1c(C(=O)N2CCN(C(=O)Nc3cccc(C)c3)C(C)C2)nc(C)nc1-c1ccccc1. The Labute approximate surface area is 216 Å². The minimum absolute atomic E-state index is 0.00895. The molecule has 2 aromatic carbocycles. The number of carbonyl (C=O) groups is 3. The summed E-state index contributed by atoms with van der Waals surface area (Å²) in [6, 6.07) is 16.3. The number of hydrogen-bond acceptors (Lipinski definition) is 6. The first-order valence-corrected chi connectivity index (χ1v) is 12.3. The molecule has 1 fully saturated rings. The molecule has 4 rings (SSSR count). The third kappa shape index (κ3) is 5.77. The summed E-state index contributed by atoms with van der Waals surface area (Å²) in [5.41, 5.74) is 2.88. The number of nitrogens with zero attached hydrogens (tertiary/aromatic N) is 4. The van der Waals surface area contributed by atoms with Crippen LogP contribution in [-0.2, 0) is 4.74 Å². The highest BCUT2D eigenvalue weighted by Crippen LogP contribution is 2.26. The fourth-order valence-corrected chi connectivity index (χ4v) is 4.44. The Morgan fingerprint density at radius 2 is 1.78 bits per heavy atom. The first-order valence-electron chi connectivity index (χ1n) is 12.3. The van der Waals surface area contributed by atoms with E-state index in [9.17, 15) is 14.4 Å². The highest BCUT2D eigenvalue weighted by Gasteiger charge is 2.34. The molecule has 1 aliphatic heterocycles. The van der Waals surface area contributed by atoms with E-state index in [2.05, 4.69) is 15.3 Å². The van der Waals surface area contributed by atoms with E-state index in [1.165, 1.54) is 0 Å². The van der Waals surface area contributed by atoms with Crippen LogP contribution in [0, 0.1) is 13.8 Å². The highest BCUT2D eigenvalue weighted by molar-refractivity contribution is 6.07. The van der Waals surface area contributed by atoms with E-state index in [4.69, 9.17) is 4.74 Å². The Bertz CT molecular complexity index is 1310. The maximum absolute atomic E-state index is 13.7. The number of hydrogen-bond donors (Lipinski definition) is 1. The molecular formula is C28H31N5O4. The van der Waals surface area contributed by atoms with Crippen molar-refractivity contribution in [1.29, 1.82) is 0 Å². The average Bonchev–Trinajstić information content (AvgIpc) is 2.88. The van der Waals surface area contributed by atoms with Crippen LogP contribution in [0.1, 0.15) is 46.1 Å². The van der Waals surface area contributed by atoms with Gasteiger partial charge in [0.05, 0.1) is 12.3 Å². The lowest BCUT2D eigenvalue weighted by atomic mass is 10.0. The van der Waals surface area contributed by atoms with Crippen molar-refractivity contribution < 1.29 is 19.1 Å². The fraction of sp³-hybridized carbons (Fsp3) is 0.321. The van der Waals surface area contributed by atoms with E-state index >= 15 is 0 Å². The zero-order valence-corrected chi connectivity index (χ0v) is 21.5. The third-order valence-electron chi connectivity index (χ3n) is 6.20. The zero-order valence-electron chi connectivity index (χ0n) is 21.5. The molecule has 3 amide bonds. The quantitative estimate of drug-likeness (QED) is 0.522. The second kappa shape index (κ2) is 11.2. The molecule has 9 nitrogen and oxygen atoms in total. The molecule has 37 heavy (non-hydrogen) atoms. The predicted octanol–water partition coefficient (Wildman–Crippen LogP) is 4.32. The van der Waals surface area contributed by atoms with Crippen LogP contribution in [0.25, 0.3) is 11.3 Å². The number of esters is 1. The van der Waals surface area contributed by atoms with Gasteiger partial charge in [-0.3, -0.25) is 4.79 Å². The summed E-state index contributed by atoms with van der Waals surface area (Å²) in [5, 5.41) is 2.93. The molecule has 1 unspecified atom stereocenters. The number of anilines is 1. The van der Waals surface area contributed by atoms with Crippen molar-refractivity contribution in [2.75, 3.05) is 31.6 Å². The van der Waals surface area contributed by atoms with Crippen LogP contribution in [0.2, 0.25) is 0 Å². The first-order chi connectivity index (χ1) is 17.8. The van der Waals surface area contributed by atoms with Crippen molar-refractivity contribution in [3.63, 3.8) is 0 Å². The molecule has 192 valence electrons. The molecule has 0 aliphatic carbocycles. The van der Waals surface area contributed by atoms with Crippen molar-refractivity contribution in [3.05, 3.63) is 77.2 Å². The van der Waals surface area contributed by atoms with Crippen molar-refractivity contribution in [1.82, 2.24) is 19.8 Å². The number of ether oxygens (including phenoxy) is 1. The van der Waals surface area contributed by atoms with E-state index in [0.717, 1.165) is 11.3 Å². The van der Waals surface area contributed by atoms with Crippen molar-refractivity contribution >= 4 is 23.6 Å². The first kappa shape index (κ1) is 25.8. The molecule has 1 aromatic heterocycles. The maximum Gasteiger partial charge on any atom is 0.342 e. The molecule has 1 saturated heterocycles. The standard InChI is InChI=1S/C28H31N5O4/c1-5-37-27(35)23-24(21-11-7-6-8-12-21)29-20(4)30-25(23)26(34)32-14-15-33(19(3)17-32)28(36)31-22-13-9-10-18(2)16-22/h6-13,16,19H,5,14-15,17H2,1-4H3,(H,31,36). The van der Waals surface area contributed by atoms with Crippen LogP contribution < -0.4 is 5.32 Å². The molecule has 0 spiro atoms. The van der Waals surface area contributed by atoms with Crippen molar-refractivity contribution in [2.45, 2.75) is 33.7 Å². The van der Waals surface area contributed by atoms with Crippen LogP contribution in [0.5, 0.6) is 0 Å². The Morgan fingerprint density at radius 1 is 1.03 bits per heavy atom.